The molecule has 29 heavy (non-hydrogen) atoms. The van der Waals surface area contributed by atoms with Gasteiger partial charge in [-0.2, -0.15) is 0 Å². The maximum atomic E-state index is 6.09. The summed E-state index contributed by atoms with van der Waals surface area (Å²) < 4.78 is 17.2. The Kier molecular flexibility index (Phi) is 7.04. The minimum atomic E-state index is 0.129. The molecule has 1 aliphatic rings. The van der Waals surface area contributed by atoms with E-state index in [-0.39, 0.29) is 6.04 Å². The molecule has 0 aromatic heterocycles. The van der Waals surface area contributed by atoms with Gasteiger partial charge >= 0.3 is 0 Å². The van der Waals surface area contributed by atoms with Gasteiger partial charge in [0.1, 0.15) is 12.4 Å². The maximum absolute atomic E-state index is 6.09. The van der Waals surface area contributed by atoms with Crippen LogP contribution in [0.3, 0.4) is 0 Å². The Balaban J connectivity index is 2.01. The van der Waals surface area contributed by atoms with Crippen molar-refractivity contribution in [1.82, 2.24) is 10.2 Å². The van der Waals surface area contributed by atoms with Crippen LogP contribution < -0.4 is 19.5 Å². The van der Waals surface area contributed by atoms with Crippen molar-refractivity contribution >= 4 is 0 Å². The molecule has 0 amide bonds. The average Bonchev–Trinajstić information content (AvgIpc) is 2.72. The third-order valence-corrected chi connectivity index (χ3v) is 5.50. The average molecular weight is 399 g/mol. The van der Waals surface area contributed by atoms with Gasteiger partial charge in [-0.05, 0) is 73.0 Å². The van der Waals surface area contributed by atoms with Crippen molar-refractivity contribution in [3.8, 4) is 17.2 Å². The van der Waals surface area contributed by atoms with E-state index in [0.717, 1.165) is 36.8 Å². The minimum absolute atomic E-state index is 0.129. The van der Waals surface area contributed by atoms with Gasteiger partial charge in [-0.25, -0.2) is 0 Å². The monoisotopic (exact) mass is 398 g/mol. The smallest absolute Gasteiger partial charge is 0.161 e. The molecule has 0 spiro atoms. The van der Waals surface area contributed by atoms with Crippen molar-refractivity contribution in [2.75, 3.05) is 48.0 Å². The van der Waals surface area contributed by atoms with Gasteiger partial charge in [0.15, 0.2) is 11.5 Å². The lowest BCUT2D eigenvalue weighted by atomic mass is 9.84. The summed E-state index contributed by atoms with van der Waals surface area (Å²) in [5.41, 5.74) is 5.19. The van der Waals surface area contributed by atoms with E-state index in [2.05, 4.69) is 54.4 Å². The Morgan fingerprint density at radius 3 is 2.48 bits per heavy atom. The van der Waals surface area contributed by atoms with Crippen LogP contribution in [0.4, 0.5) is 0 Å². The molecule has 1 atom stereocenters. The molecular formula is C24H34N2O3. The minimum Gasteiger partial charge on any atom is -0.497 e. The van der Waals surface area contributed by atoms with Crippen molar-refractivity contribution in [2.45, 2.75) is 32.2 Å². The summed E-state index contributed by atoms with van der Waals surface area (Å²) in [5.74, 6) is 2.92. The summed E-state index contributed by atoms with van der Waals surface area (Å²) in [5, 5.41) is 3.72. The van der Waals surface area contributed by atoms with Crippen LogP contribution in [-0.4, -0.2) is 52.9 Å². The molecule has 1 aliphatic heterocycles. The lowest BCUT2D eigenvalue weighted by Gasteiger charge is -2.31. The topological polar surface area (TPSA) is 43.0 Å². The Morgan fingerprint density at radius 2 is 1.83 bits per heavy atom. The number of hydrogen-bond donors (Lipinski definition) is 1. The summed E-state index contributed by atoms with van der Waals surface area (Å²) in [6, 6.07) is 10.8. The number of likely N-dealkylation sites (N-methyl/N-ethyl adjacent to an activating group) is 1. The molecule has 0 radical (unpaired) electrons. The number of fused-ring (bicyclic) bond motifs is 1. The van der Waals surface area contributed by atoms with Gasteiger partial charge in [-0.1, -0.05) is 19.9 Å². The summed E-state index contributed by atoms with van der Waals surface area (Å²) in [6.07, 6.45) is 0.980. The summed E-state index contributed by atoms with van der Waals surface area (Å²) in [4.78, 5) is 2.11. The first-order valence-corrected chi connectivity index (χ1v) is 10.3. The molecule has 158 valence electrons. The van der Waals surface area contributed by atoms with Gasteiger partial charge < -0.3 is 24.4 Å². The summed E-state index contributed by atoms with van der Waals surface area (Å²) in [6.45, 7) is 6.88. The van der Waals surface area contributed by atoms with Gasteiger partial charge in [-0.3, -0.25) is 0 Å². The second kappa shape index (κ2) is 9.51. The molecule has 3 rings (SSSR count). The van der Waals surface area contributed by atoms with Crippen LogP contribution in [0.15, 0.2) is 30.3 Å². The summed E-state index contributed by atoms with van der Waals surface area (Å²) >= 11 is 0. The van der Waals surface area contributed by atoms with E-state index in [9.17, 15) is 0 Å². The molecule has 1 heterocycles. The van der Waals surface area contributed by atoms with Gasteiger partial charge in [-0.15, -0.1) is 0 Å². The lowest BCUT2D eigenvalue weighted by molar-refractivity contribution is 0.250. The highest BCUT2D eigenvalue weighted by molar-refractivity contribution is 5.53. The Bertz CT molecular complexity index is 833. The number of ether oxygens (including phenoxy) is 3. The van der Waals surface area contributed by atoms with Crippen molar-refractivity contribution in [3.63, 3.8) is 0 Å². The van der Waals surface area contributed by atoms with Crippen LogP contribution in [0.25, 0.3) is 0 Å². The van der Waals surface area contributed by atoms with E-state index in [4.69, 9.17) is 14.2 Å². The Morgan fingerprint density at radius 1 is 1.03 bits per heavy atom. The normalized spacial score (nSPS) is 16.1. The molecule has 5 nitrogen and oxygen atoms in total. The molecule has 0 aliphatic carbocycles. The highest BCUT2D eigenvalue weighted by Crippen LogP contribution is 2.40. The van der Waals surface area contributed by atoms with E-state index in [1.807, 2.05) is 14.1 Å². The number of nitrogens with one attached hydrogen (secondary N) is 1. The molecule has 0 saturated carbocycles. The Hall–Kier alpha value is -2.24. The molecule has 0 bridgehead atoms. The van der Waals surface area contributed by atoms with E-state index in [1.54, 1.807) is 14.2 Å². The molecule has 0 saturated heterocycles. The first-order valence-electron chi connectivity index (χ1n) is 10.3. The number of benzene rings is 2. The predicted molar refractivity (Wildman–Crippen MR) is 118 cm³/mol. The number of nitrogens with zero attached hydrogens (tertiary/aromatic N) is 1. The van der Waals surface area contributed by atoms with Crippen molar-refractivity contribution in [3.05, 3.63) is 52.6 Å². The third kappa shape index (κ3) is 4.85. The zero-order valence-electron chi connectivity index (χ0n) is 18.5. The third-order valence-electron chi connectivity index (χ3n) is 5.50. The van der Waals surface area contributed by atoms with E-state index < -0.39 is 0 Å². The second-order valence-electron chi connectivity index (χ2n) is 8.14. The first-order chi connectivity index (χ1) is 13.9. The van der Waals surface area contributed by atoms with Gasteiger partial charge in [0.25, 0.3) is 0 Å². The van der Waals surface area contributed by atoms with Crippen molar-refractivity contribution in [1.29, 1.82) is 0 Å². The van der Waals surface area contributed by atoms with E-state index in [1.165, 1.54) is 22.3 Å². The summed E-state index contributed by atoms with van der Waals surface area (Å²) in [7, 11) is 7.52. The predicted octanol–water partition coefficient (Wildman–Crippen LogP) is 4.00. The standard InChI is InChI=1S/C24H34N2O3/c1-16(2)20-14-18(27-5)7-8-19(20)24-21-15-23(29-12-11-26(3)4)22(28-6)13-17(21)9-10-25-24/h7-8,13-16,24-25H,9-12H2,1-6H3. The largest absolute Gasteiger partial charge is 0.497 e. The van der Waals surface area contributed by atoms with Crippen LogP contribution in [-0.2, 0) is 6.42 Å². The molecule has 5 heteroatoms. The number of methoxy groups -OCH3 is 2. The fourth-order valence-corrected chi connectivity index (χ4v) is 3.89. The first kappa shape index (κ1) is 21.5. The van der Waals surface area contributed by atoms with Gasteiger partial charge in [0, 0.05) is 13.1 Å². The van der Waals surface area contributed by atoms with Gasteiger partial charge in [0.2, 0.25) is 0 Å². The second-order valence-corrected chi connectivity index (χ2v) is 8.14. The molecule has 0 fully saturated rings. The van der Waals surface area contributed by atoms with E-state index >= 15 is 0 Å². The SMILES string of the molecule is COc1ccc(C2NCCc3cc(OC)c(OCCN(C)C)cc32)c(C(C)C)c1. The van der Waals surface area contributed by atoms with Crippen LogP contribution in [0.2, 0.25) is 0 Å². The molecule has 1 N–H and O–H groups in total. The van der Waals surface area contributed by atoms with Crippen LogP contribution >= 0.6 is 0 Å². The zero-order valence-corrected chi connectivity index (χ0v) is 18.5. The number of hydrogen-bond acceptors (Lipinski definition) is 5. The highest BCUT2D eigenvalue weighted by Gasteiger charge is 2.26. The zero-order chi connectivity index (χ0) is 21.0. The Labute approximate surface area is 175 Å². The maximum Gasteiger partial charge on any atom is 0.161 e. The van der Waals surface area contributed by atoms with Crippen molar-refractivity contribution in [2.24, 2.45) is 0 Å². The van der Waals surface area contributed by atoms with Crippen molar-refractivity contribution < 1.29 is 14.2 Å². The molecule has 2 aromatic rings. The van der Waals surface area contributed by atoms with Crippen LogP contribution in [0, 0.1) is 0 Å². The fourth-order valence-electron chi connectivity index (χ4n) is 3.89. The molecular weight excluding hydrogens is 364 g/mol. The quantitative estimate of drug-likeness (QED) is 0.728. The van der Waals surface area contributed by atoms with Crippen LogP contribution in [0.1, 0.15) is 48.1 Å². The number of rotatable bonds is 8. The van der Waals surface area contributed by atoms with E-state index in [0.29, 0.717) is 12.5 Å². The van der Waals surface area contributed by atoms with Crippen LogP contribution in [0.5, 0.6) is 17.2 Å². The van der Waals surface area contributed by atoms with Gasteiger partial charge in [0.05, 0.1) is 20.3 Å². The fraction of sp³-hybridized carbons (Fsp3) is 0.500. The molecule has 2 aromatic carbocycles. The lowest BCUT2D eigenvalue weighted by Crippen LogP contribution is -2.31. The highest BCUT2D eigenvalue weighted by atomic mass is 16.5. The molecule has 1 unspecified atom stereocenters.